The van der Waals surface area contributed by atoms with Gasteiger partial charge in [0.15, 0.2) is 11.5 Å². The number of aryl methyl sites for hydroxylation is 1. The van der Waals surface area contributed by atoms with E-state index in [2.05, 4.69) is 28.9 Å². The first-order valence-corrected chi connectivity index (χ1v) is 14.3. The van der Waals surface area contributed by atoms with Crippen molar-refractivity contribution in [1.29, 1.82) is 0 Å². The van der Waals surface area contributed by atoms with E-state index < -0.39 is 0 Å². The summed E-state index contributed by atoms with van der Waals surface area (Å²) in [4.78, 5) is 25.9. The largest absolute Gasteiger partial charge is 0.493 e. The molecule has 2 aromatic carbocycles. The van der Waals surface area contributed by atoms with Gasteiger partial charge in [-0.3, -0.25) is 9.78 Å². The number of methoxy groups -OCH3 is 2. The van der Waals surface area contributed by atoms with E-state index in [1.807, 2.05) is 53.6 Å². The van der Waals surface area contributed by atoms with Crippen molar-refractivity contribution in [3.63, 3.8) is 0 Å². The molecule has 2 aromatic heterocycles. The highest BCUT2D eigenvalue weighted by molar-refractivity contribution is 5.97. The molecule has 4 heterocycles. The van der Waals surface area contributed by atoms with Crippen molar-refractivity contribution in [1.82, 2.24) is 19.8 Å². The van der Waals surface area contributed by atoms with Gasteiger partial charge in [-0.15, -0.1) is 0 Å². The quantitative estimate of drug-likeness (QED) is 0.324. The number of rotatable bonds is 6. The van der Waals surface area contributed by atoms with Crippen LogP contribution in [-0.4, -0.2) is 72.1 Å². The topological polar surface area (TPSA) is 70.7 Å². The second-order valence-corrected chi connectivity index (χ2v) is 11.0. The highest BCUT2D eigenvalue weighted by atomic mass is 16.5. The van der Waals surface area contributed by atoms with Crippen LogP contribution in [0.4, 0.5) is 0 Å². The number of nitrogens with zero attached hydrogens (tertiary/aromatic N) is 3. The molecule has 1 amide bonds. The van der Waals surface area contributed by atoms with Crippen molar-refractivity contribution in [2.75, 3.05) is 40.4 Å². The van der Waals surface area contributed by atoms with Gasteiger partial charge in [-0.25, -0.2) is 0 Å². The van der Waals surface area contributed by atoms with Crippen LogP contribution in [0.15, 0.2) is 60.8 Å². The first-order valence-electron chi connectivity index (χ1n) is 14.3. The van der Waals surface area contributed by atoms with Crippen molar-refractivity contribution in [2.24, 2.45) is 0 Å². The van der Waals surface area contributed by atoms with Gasteiger partial charge in [0.25, 0.3) is 5.91 Å². The van der Waals surface area contributed by atoms with Gasteiger partial charge in [0.05, 0.1) is 25.9 Å². The lowest BCUT2D eigenvalue weighted by Crippen LogP contribution is -2.48. The molecule has 1 N–H and O–H groups in total. The summed E-state index contributed by atoms with van der Waals surface area (Å²) in [6.07, 6.45) is 6.30. The third-order valence-corrected chi connectivity index (χ3v) is 8.80. The number of H-pyrrole nitrogens is 1. The Kier molecular flexibility index (Phi) is 7.48. The Morgan fingerprint density at radius 1 is 0.900 bits per heavy atom. The number of aromatic amines is 1. The van der Waals surface area contributed by atoms with Crippen molar-refractivity contribution in [3.05, 3.63) is 77.7 Å². The molecule has 7 heteroatoms. The molecule has 208 valence electrons. The maximum atomic E-state index is 12.8. The molecule has 0 bridgehead atoms. The number of fused-ring (bicyclic) bond motifs is 1. The summed E-state index contributed by atoms with van der Waals surface area (Å²) in [5.74, 6) is 2.07. The number of pyridine rings is 1. The number of carbonyl (C=O) groups is 1. The molecule has 0 saturated carbocycles. The standard InChI is InChI=1S/C33H38N4O3/c1-22-32(25-9-10-30(39-2)31(19-25)40-3)27-20-28(34-21-29(27)35-22)23-11-15-36(16-12-23)26-13-17-37(18-14-26)33(38)24-7-5-4-6-8-24/h4-10,19-21,23,26,35H,11-18H2,1-3H3. The average molecular weight is 539 g/mol. The second-order valence-electron chi connectivity index (χ2n) is 11.0. The zero-order valence-corrected chi connectivity index (χ0v) is 23.7. The van der Waals surface area contributed by atoms with Crippen molar-refractivity contribution < 1.29 is 14.3 Å². The lowest BCUT2D eigenvalue weighted by atomic mass is 9.90. The molecule has 4 aromatic rings. The Morgan fingerprint density at radius 2 is 1.62 bits per heavy atom. The van der Waals surface area contributed by atoms with Gasteiger partial charge in [0, 0.05) is 53.0 Å². The van der Waals surface area contributed by atoms with Gasteiger partial charge < -0.3 is 24.3 Å². The molecule has 2 aliphatic heterocycles. The van der Waals surface area contributed by atoms with Gasteiger partial charge in [0.2, 0.25) is 0 Å². The molecule has 0 aliphatic carbocycles. The predicted octanol–water partition coefficient (Wildman–Crippen LogP) is 6.04. The minimum Gasteiger partial charge on any atom is -0.493 e. The van der Waals surface area contributed by atoms with Crippen LogP contribution in [0.1, 0.15) is 53.3 Å². The van der Waals surface area contributed by atoms with Gasteiger partial charge >= 0.3 is 0 Å². The number of nitrogens with one attached hydrogen (secondary N) is 1. The summed E-state index contributed by atoms with van der Waals surface area (Å²) in [7, 11) is 3.33. The molecular formula is C33H38N4O3. The fourth-order valence-electron chi connectivity index (χ4n) is 6.59. The molecule has 0 radical (unpaired) electrons. The number of ether oxygens (including phenoxy) is 2. The minimum absolute atomic E-state index is 0.159. The first kappa shape index (κ1) is 26.4. The Balaban J connectivity index is 1.12. The predicted molar refractivity (Wildman–Crippen MR) is 158 cm³/mol. The molecule has 2 saturated heterocycles. The summed E-state index contributed by atoms with van der Waals surface area (Å²) >= 11 is 0. The molecule has 0 unspecified atom stereocenters. The number of aromatic nitrogens is 2. The lowest BCUT2D eigenvalue weighted by molar-refractivity contribution is 0.0577. The van der Waals surface area contributed by atoms with E-state index in [0.29, 0.717) is 12.0 Å². The van der Waals surface area contributed by atoms with Crippen molar-refractivity contribution in [3.8, 4) is 22.6 Å². The van der Waals surface area contributed by atoms with E-state index in [-0.39, 0.29) is 5.91 Å². The number of hydrogen-bond acceptors (Lipinski definition) is 5. The van der Waals surface area contributed by atoms with E-state index in [0.717, 1.165) is 85.7 Å². The number of likely N-dealkylation sites (tertiary alicyclic amines) is 2. The van der Waals surface area contributed by atoms with Crippen LogP contribution in [0.25, 0.3) is 22.0 Å². The van der Waals surface area contributed by atoms with Crippen LogP contribution in [-0.2, 0) is 0 Å². The summed E-state index contributed by atoms with van der Waals surface area (Å²) in [6, 6.07) is 18.6. The van der Waals surface area contributed by atoms with Gasteiger partial charge in [-0.2, -0.15) is 0 Å². The SMILES string of the molecule is COc1ccc(-c2c(C)[nH]c3cnc(C4CCN(C5CCN(C(=O)c6ccccc6)CC5)CC4)cc23)cc1OC. The van der Waals surface area contributed by atoms with E-state index >= 15 is 0 Å². The van der Waals surface area contributed by atoms with E-state index in [9.17, 15) is 4.79 Å². The number of benzene rings is 2. The smallest absolute Gasteiger partial charge is 0.253 e. The van der Waals surface area contributed by atoms with Crippen LogP contribution >= 0.6 is 0 Å². The summed E-state index contributed by atoms with van der Waals surface area (Å²) in [6.45, 7) is 5.94. The summed E-state index contributed by atoms with van der Waals surface area (Å²) in [5.41, 5.74) is 6.43. The molecule has 40 heavy (non-hydrogen) atoms. The van der Waals surface area contributed by atoms with Gasteiger partial charge in [-0.1, -0.05) is 24.3 Å². The van der Waals surface area contributed by atoms with Crippen LogP contribution in [0, 0.1) is 6.92 Å². The Hall–Kier alpha value is -3.84. The fraction of sp³-hybridized carbons (Fsp3) is 0.394. The normalized spacial score (nSPS) is 17.3. The maximum Gasteiger partial charge on any atom is 0.253 e. The Morgan fingerprint density at radius 3 is 2.33 bits per heavy atom. The third-order valence-electron chi connectivity index (χ3n) is 8.80. The minimum atomic E-state index is 0.159. The Labute approximate surface area is 236 Å². The molecule has 6 rings (SSSR count). The second kappa shape index (κ2) is 11.3. The first-order chi connectivity index (χ1) is 19.6. The lowest BCUT2D eigenvalue weighted by Gasteiger charge is -2.41. The maximum absolute atomic E-state index is 12.8. The molecular weight excluding hydrogens is 500 g/mol. The molecule has 2 aliphatic rings. The third kappa shape index (κ3) is 5.06. The van der Waals surface area contributed by atoms with E-state index in [1.54, 1.807) is 14.2 Å². The van der Waals surface area contributed by atoms with Crippen LogP contribution in [0.3, 0.4) is 0 Å². The Bertz CT molecular complexity index is 1480. The molecule has 0 atom stereocenters. The van der Waals surface area contributed by atoms with Crippen LogP contribution in [0.5, 0.6) is 11.5 Å². The molecule has 7 nitrogen and oxygen atoms in total. The fourth-order valence-corrected chi connectivity index (χ4v) is 6.59. The zero-order valence-electron chi connectivity index (χ0n) is 23.7. The van der Waals surface area contributed by atoms with E-state index in [4.69, 9.17) is 14.5 Å². The van der Waals surface area contributed by atoms with Gasteiger partial charge in [-0.05, 0) is 81.6 Å². The highest BCUT2D eigenvalue weighted by Crippen LogP contribution is 2.39. The molecule has 0 spiro atoms. The number of amides is 1. The zero-order chi connectivity index (χ0) is 27.6. The van der Waals surface area contributed by atoms with Crippen LogP contribution < -0.4 is 9.47 Å². The van der Waals surface area contributed by atoms with Gasteiger partial charge in [0.1, 0.15) is 0 Å². The van der Waals surface area contributed by atoms with E-state index in [1.165, 1.54) is 16.6 Å². The average Bonchev–Trinajstić information content (AvgIpc) is 3.35. The number of hydrogen-bond donors (Lipinski definition) is 1. The monoisotopic (exact) mass is 538 g/mol. The summed E-state index contributed by atoms with van der Waals surface area (Å²) < 4.78 is 11.0. The number of carbonyl (C=O) groups excluding carboxylic acids is 1. The highest BCUT2D eigenvalue weighted by Gasteiger charge is 2.31. The molecule has 2 fully saturated rings. The number of piperidine rings is 2. The van der Waals surface area contributed by atoms with Crippen LogP contribution in [0.2, 0.25) is 0 Å². The van der Waals surface area contributed by atoms with Crippen molar-refractivity contribution >= 4 is 16.8 Å². The summed E-state index contributed by atoms with van der Waals surface area (Å²) in [5, 5.41) is 1.20. The van der Waals surface area contributed by atoms with Crippen molar-refractivity contribution in [2.45, 2.75) is 44.6 Å².